The average Bonchev–Trinajstić information content (AvgIpc) is 2.82. The van der Waals surface area contributed by atoms with Crippen molar-refractivity contribution in [2.24, 2.45) is 0 Å². The predicted molar refractivity (Wildman–Crippen MR) is 70.8 cm³/mol. The van der Waals surface area contributed by atoms with Crippen molar-refractivity contribution < 1.29 is 4.79 Å². The summed E-state index contributed by atoms with van der Waals surface area (Å²) in [5.41, 5.74) is 4.52. The van der Waals surface area contributed by atoms with E-state index >= 15 is 0 Å². The molecule has 2 heteroatoms. The predicted octanol–water partition coefficient (Wildman–Crippen LogP) is 3.36. The second-order valence-electron chi connectivity index (χ2n) is 4.82. The molecular formula is C16H15NO. The first kappa shape index (κ1) is 11.1. The van der Waals surface area contributed by atoms with Crippen molar-refractivity contribution in [2.45, 2.75) is 25.7 Å². The van der Waals surface area contributed by atoms with Crippen molar-refractivity contribution in [2.75, 3.05) is 0 Å². The lowest BCUT2D eigenvalue weighted by atomic mass is 9.94. The highest BCUT2D eigenvalue weighted by Crippen LogP contribution is 2.36. The summed E-state index contributed by atoms with van der Waals surface area (Å²) in [7, 11) is 0. The van der Waals surface area contributed by atoms with E-state index < -0.39 is 0 Å². The van der Waals surface area contributed by atoms with Gasteiger partial charge in [-0.05, 0) is 43.0 Å². The molecule has 0 saturated heterocycles. The zero-order chi connectivity index (χ0) is 12.5. The van der Waals surface area contributed by atoms with Gasteiger partial charge in [0.05, 0.1) is 5.69 Å². The summed E-state index contributed by atoms with van der Waals surface area (Å²) in [6.07, 6.45) is 4.03. The molecule has 0 N–H and O–H groups in total. The van der Waals surface area contributed by atoms with Gasteiger partial charge in [0.2, 0.25) is 0 Å². The van der Waals surface area contributed by atoms with Crippen LogP contribution in [0.5, 0.6) is 0 Å². The van der Waals surface area contributed by atoms with E-state index in [-0.39, 0.29) is 5.78 Å². The largest absolute Gasteiger partial charge is 0.295 e. The molecule has 0 saturated carbocycles. The van der Waals surface area contributed by atoms with Crippen LogP contribution in [0, 0.1) is 0 Å². The van der Waals surface area contributed by atoms with Gasteiger partial charge in [-0.2, -0.15) is 0 Å². The summed E-state index contributed by atoms with van der Waals surface area (Å²) < 4.78 is 0. The normalized spacial score (nSPS) is 17.5. The van der Waals surface area contributed by atoms with Crippen molar-refractivity contribution in [3.05, 3.63) is 65.0 Å². The summed E-state index contributed by atoms with van der Waals surface area (Å²) in [5, 5.41) is 0. The van der Waals surface area contributed by atoms with Crippen molar-refractivity contribution in [3.63, 3.8) is 0 Å². The van der Waals surface area contributed by atoms with E-state index in [4.69, 9.17) is 0 Å². The van der Waals surface area contributed by atoms with Gasteiger partial charge in [0.15, 0.2) is 5.78 Å². The summed E-state index contributed by atoms with van der Waals surface area (Å²) in [6.45, 7) is 1.61. The van der Waals surface area contributed by atoms with Gasteiger partial charge in [0.1, 0.15) is 0 Å². The van der Waals surface area contributed by atoms with Crippen LogP contribution in [0.1, 0.15) is 46.4 Å². The Morgan fingerprint density at radius 3 is 3.00 bits per heavy atom. The first-order chi connectivity index (χ1) is 8.75. The van der Waals surface area contributed by atoms with E-state index in [2.05, 4.69) is 17.1 Å². The number of aromatic nitrogens is 1. The number of Topliss-reactive ketones (excluding diaryl/α,β-unsaturated/α-hetero) is 1. The summed E-state index contributed by atoms with van der Waals surface area (Å²) >= 11 is 0. The first-order valence-electron chi connectivity index (χ1n) is 6.30. The lowest BCUT2D eigenvalue weighted by Crippen LogP contribution is -2.01. The number of fused-ring (bicyclic) bond motifs is 1. The van der Waals surface area contributed by atoms with Gasteiger partial charge in [0, 0.05) is 17.7 Å². The van der Waals surface area contributed by atoms with Crippen LogP contribution in [0.2, 0.25) is 0 Å². The average molecular weight is 237 g/mol. The molecule has 0 bridgehead atoms. The fraction of sp³-hybridized carbons (Fsp3) is 0.250. The molecule has 1 heterocycles. The van der Waals surface area contributed by atoms with Crippen LogP contribution in [0.4, 0.5) is 0 Å². The maximum atomic E-state index is 11.4. The van der Waals surface area contributed by atoms with Crippen LogP contribution >= 0.6 is 0 Å². The Labute approximate surface area is 107 Å². The monoisotopic (exact) mass is 237 g/mol. The van der Waals surface area contributed by atoms with E-state index in [0.717, 1.165) is 18.4 Å². The van der Waals surface area contributed by atoms with Gasteiger partial charge < -0.3 is 0 Å². The third kappa shape index (κ3) is 1.84. The molecule has 2 aromatic rings. The quantitative estimate of drug-likeness (QED) is 0.750. The molecule has 1 aliphatic carbocycles. The van der Waals surface area contributed by atoms with E-state index in [0.29, 0.717) is 5.92 Å². The number of hydrogen-bond acceptors (Lipinski definition) is 2. The van der Waals surface area contributed by atoms with E-state index in [1.807, 2.05) is 30.5 Å². The number of hydrogen-bond donors (Lipinski definition) is 0. The maximum absolute atomic E-state index is 11.4. The Balaban J connectivity index is 2.02. The van der Waals surface area contributed by atoms with Gasteiger partial charge in [-0.3, -0.25) is 9.78 Å². The van der Waals surface area contributed by atoms with Crippen LogP contribution in [0.3, 0.4) is 0 Å². The number of carbonyl (C=O) groups excluding carboxylic acids is 1. The topological polar surface area (TPSA) is 30.0 Å². The van der Waals surface area contributed by atoms with Gasteiger partial charge in [-0.25, -0.2) is 0 Å². The Morgan fingerprint density at radius 1 is 1.28 bits per heavy atom. The number of pyridine rings is 1. The fourth-order valence-electron chi connectivity index (χ4n) is 2.71. The SMILES string of the molecule is CC(=O)c1cccc(C2CCc3cccnc32)c1. The lowest BCUT2D eigenvalue weighted by molar-refractivity contribution is 0.101. The highest BCUT2D eigenvalue weighted by Gasteiger charge is 2.25. The summed E-state index contributed by atoms with van der Waals surface area (Å²) in [4.78, 5) is 15.9. The molecule has 0 radical (unpaired) electrons. The van der Waals surface area contributed by atoms with Gasteiger partial charge in [-0.15, -0.1) is 0 Å². The van der Waals surface area contributed by atoms with Crippen LogP contribution in [-0.4, -0.2) is 10.8 Å². The number of carbonyl (C=O) groups is 1. The Bertz CT molecular complexity index is 604. The minimum atomic E-state index is 0.121. The zero-order valence-corrected chi connectivity index (χ0v) is 10.4. The van der Waals surface area contributed by atoms with Gasteiger partial charge in [-0.1, -0.05) is 24.3 Å². The summed E-state index contributed by atoms with van der Waals surface area (Å²) in [6, 6.07) is 12.1. The molecule has 1 unspecified atom stereocenters. The molecule has 18 heavy (non-hydrogen) atoms. The highest BCUT2D eigenvalue weighted by molar-refractivity contribution is 5.94. The van der Waals surface area contributed by atoms with Crippen LogP contribution < -0.4 is 0 Å². The molecule has 1 aromatic carbocycles. The molecule has 1 aromatic heterocycles. The third-order valence-electron chi connectivity index (χ3n) is 3.65. The molecule has 0 aliphatic heterocycles. The van der Waals surface area contributed by atoms with Crippen molar-refractivity contribution in [1.82, 2.24) is 4.98 Å². The molecule has 0 spiro atoms. The van der Waals surface area contributed by atoms with Gasteiger partial charge >= 0.3 is 0 Å². The Hall–Kier alpha value is -1.96. The smallest absolute Gasteiger partial charge is 0.159 e. The van der Waals surface area contributed by atoms with Crippen LogP contribution in [-0.2, 0) is 6.42 Å². The second-order valence-corrected chi connectivity index (χ2v) is 4.82. The molecule has 3 rings (SSSR count). The van der Waals surface area contributed by atoms with Gasteiger partial charge in [0.25, 0.3) is 0 Å². The fourth-order valence-corrected chi connectivity index (χ4v) is 2.71. The van der Waals surface area contributed by atoms with Crippen LogP contribution in [0.15, 0.2) is 42.6 Å². The molecule has 1 aliphatic rings. The third-order valence-corrected chi connectivity index (χ3v) is 3.65. The lowest BCUT2D eigenvalue weighted by Gasteiger charge is -2.11. The minimum absolute atomic E-state index is 0.121. The highest BCUT2D eigenvalue weighted by atomic mass is 16.1. The number of nitrogens with zero attached hydrogens (tertiary/aromatic N) is 1. The van der Waals surface area contributed by atoms with Crippen molar-refractivity contribution in [1.29, 1.82) is 0 Å². The Morgan fingerprint density at radius 2 is 2.17 bits per heavy atom. The Kier molecular flexibility index (Phi) is 2.71. The van der Waals surface area contributed by atoms with E-state index in [9.17, 15) is 4.79 Å². The molecule has 1 atom stereocenters. The first-order valence-corrected chi connectivity index (χ1v) is 6.30. The van der Waals surface area contributed by atoms with Crippen molar-refractivity contribution >= 4 is 5.78 Å². The molecule has 0 fully saturated rings. The molecule has 2 nitrogen and oxygen atoms in total. The number of rotatable bonds is 2. The second kappa shape index (κ2) is 4.37. The van der Waals surface area contributed by atoms with Crippen LogP contribution in [0.25, 0.3) is 0 Å². The minimum Gasteiger partial charge on any atom is -0.295 e. The maximum Gasteiger partial charge on any atom is 0.159 e. The number of benzene rings is 1. The standard InChI is InChI=1S/C16H15NO/c1-11(18)13-4-2-5-14(10-13)15-8-7-12-6-3-9-17-16(12)15/h2-6,9-10,15H,7-8H2,1H3. The van der Waals surface area contributed by atoms with E-state index in [1.54, 1.807) is 6.92 Å². The molecule has 90 valence electrons. The summed E-state index contributed by atoms with van der Waals surface area (Å²) in [5.74, 6) is 0.469. The van der Waals surface area contributed by atoms with Crippen molar-refractivity contribution in [3.8, 4) is 0 Å². The number of ketones is 1. The number of aryl methyl sites for hydroxylation is 1. The molecule has 0 amide bonds. The zero-order valence-electron chi connectivity index (χ0n) is 10.4. The molecular weight excluding hydrogens is 222 g/mol. The van der Waals surface area contributed by atoms with E-state index in [1.165, 1.54) is 16.8 Å².